The Morgan fingerprint density at radius 2 is 2.26 bits per heavy atom. The molecule has 0 saturated heterocycles. The molecule has 0 spiro atoms. The lowest BCUT2D eigenvalue weighted by molar-refractivity contribution is -0.120. The van der Waals surface area contributed by atoms with Crippen molar-refractivity contribution in [1.82, 2.24) is 10.6 Å². The Kier molecular flexibility index (Phi) is 4.82. The van der Waals surface area contributed by atoms with Gasteiger partial charge in [0.25, 0.3) is 0 Å². The van der Waals surface area contributed by atoms with Gasteiger partial charge >= 0.3 is 0 Å². The second-order valence-electron chi connectivity index (χ2n) is 4.84. The summed E-state index contributed by atoms with van der Waals surface area (Å²) in [6.07, 6.45) is 2.24. The topological polar surface area (TPSA) is 50.4 Å². The highest BCUT2D eigenvalue weighted by molar-refractivity contribution is 9.10. The maximum atomic E-state index is 11.6. The number of nitrogens with one attached hydrogen (secondary N) is 2. The van der Waals surface area contributed by atoms with Crippen LogP contribution in [0.5, 0.6) is 5.75 Å². The van der Waals surface area contributed by atoms with Crippen LogP contribution in [0.1, 0.15) is 31.4 Å². The third-order valence-corrected chi connectivity index (χ3v) is 3.81. The number of hydrogen-bond donors (Lipinski definition) is 2. The van der Waals surface area contributed by atoms with E-state index < -0.39 is 0 Å². The fourth-order valence-electron chi connectivity index (χ4n) is 1.82. The van der Waals surface area contributed by atoms with Crippen LogP contribution in [-0.2, 0) is 4.79 Å². The van der Waals surface area contributed by atoms with Crippen molar-refractivity contribution in [2.75, 3.05) is 13.7 Å². The van der Waals surface area contributed by atoms with Crippen LogP contribution in [0.4, 0.5) is 0 Å². The van der Waals surface area contributed by atoms with E-state index in [2.05, 4.69) is 26.6 Å². The maximum absolute atomic E-state index is 11.6. The average Bonchev–Trinajstić information content (AvgIpc) is 3.19. The van der Waals surface area contributed by atoms with E-state index in [0.717, 1.165) is 28.6 Å². The van der Waals surface area contributed by atoms with Crippen molar-refractivity contribution in [1.29, 1.82) is 0 Å². The number of amides is 1. The molecule has 1 aliphatic carbocycles. The molecule has 1 unspecified atom stereocenters. The van der Waals surface area contributed by atoms with E-state index in [1.807, 2.05) is 25.1 Å². The summed E-state index contributed by atoms with van der Waals surface area (Å²) in [5, 5.41) is 6.18. The summed E-state index contributed by atoms with van der Waals surface area (Å²) < 4.78 is 6.12. The molecule has 4 nitrogen and oxygen atoms in total. The van der Waals surface area contributed by atoms with Crippen molar-refractivity contribution in [2.45, 2.75) is 31.8 Å². The predicted octanol–water partition coefficient (Wildman–Crippen LogP) is 2.39. The van der Waals surface area contributed by atoms with Crippen LogP contribution in [0.2, 0.25) is 0 Å². The standard InChI is InChI=1S/C14H19BrN2O2/c1-9(16-8-14(18)17-11-4-5-11)10-3-6-13(19-2)12(15)7-10/h3,6-7,9,11,16H,4-5,8H2,1-2H3,(H,17,18). The zero-order valence-corrected chi connectivity index (χ0v) is 12.8. The number of ether oxygens (including phenoxy) is 1. The number of hydrogen-bond acceptors (Lipinski definition) is 3. The van der Waals surface area contributed by atoms with Gasteiger partial charge in [0, 0.05) is 12.1 Å². The fourth-order valence-corrected chi connectivity index (χ4v) is 2.38. The lowest BCUT2D eigenvalue weighted by atomic mass is 10.1. The number of methoxy groups -OCH3 is 1. The summed E-state index contributed by atoms with van der Waals surface area (Å²) in [4.78, 5) is 11.6. The molecule has 2 rings (SSSR count). The Morgan fingerprint density at radius 1 is 1.53 bits per heavy atom. The van der Waals surface area contributed by atoms with Crippen LogP contribution in [-0.4, -0.2) is 25.6 Å². The molecular weight excluding hydrogens is 308 g/mol. The van der Waals surface area contributed by atoms with Gasteiger partial charge in [-0.15, -0.1) is 0 Å². The maximum Gasteiger partial charge on any atom is 0.234 e. The van der Waals surface area contributed by atoms with Gasteiger partial charge in [0.1, 0.15) is 5.75 Å². The molecule has 1 aliphatic rings. The van der Waals surface area contributed by atoms with Gasteiger partial charge in [0.15, 0.2) is 0 Å². The Labute approximate surface area is 122 Å². The summed E-state index contributed by atoms with van der Waals surface area (Å²) in [5.41, 5.74) is 1.12. The first-order chi connectivity index (χ1) is 9.10. The van der Waals surface area contributed by atoms with Crippen molar-refractivity contribution >= 4 is 21.8 Å². The van der Waals surface area contributed by atoms with Crippen molar-refractivity contribution < 1.29 is 9.53 Å². The quantitative estimate of drug-likeness (QED) is 0.843. The Morgan fingerprint density at radius 3 is 2.84 bits per heavy atom. The Hall–Kier alpha value is -1.07. The van der Waals surface area contributed by atoms with Crippen molar-refractivity contribution in [3.05, 3.63) is 28.2 Å². The van der Waals surface area contributed by atoms with E-state index in [1.54, 1.807) is 7.11 Å². The third-order valence-electron chi connectivity index (χ3n) is 3.19. The summed E-state index contributed by atoms with van der Waals surface area (Å²) in [6.45, 7) is 2.39. The van der Waals surface area contributed by atoms with Gasteiger partial charge < -0.3 is 15.4 Å². The molecule has 0 aromatic heterocycles. The number of halogens is 1. The number of carbonyl (C=O) groups is 1. The van der Waals surface area contributed by atoms with Gasteiger partial charge in [0.05, 0.1) is 18.1 Å². The van der Waals surface area contributed by atoms with Crippen LogP contribution in [0.3, 0.4) is 0 Å². The summed E-state index contributed by atoms with van der Waals surface area (Å²) in [7, 11) is 1.64. The highest BCUT2D eigenvalue weighted by Gasteiger charge is 2.23. The van der Waals surface area contributed by atoms with E-state index in [1.165, 1.54) is 0 Å². The smallest absolute Gasteiger partial charge is 0.234 e. The van der Waals surface area contributed by atoms with Gasteiger partial charge in [0.2, 0.25) is 5.91 Å². The highest BCUT2D eigenvalue weighted by Crippen LogP contribution is 2.27. The SMILES string of the molecule is COc1ccc(C(C)NCC(=O)NC2CC2)cc1Br. The van der Waals surface area contributed by atoms with Crippen molar-refractivity contribution in [2.24, 2.45) is 0 Å². The molecule has 0 bridgehead atoms. The number of rotatable bonds is 6. The molecule has 0 heterocycles. The molecule has 5 heteroatoms. The molecule has 1 fully saturated rings. The van der Waals surface area contributed by atoms with Crippen LogP contribution < -0.4 is 15.4 Å². The normalized spacial score (nSPS) is 15.9. The van der Waals surface area contributed by atoms with Crippen molar-refractivity contribution in [3.63, 3.8) is 0 Å². The summed E-state index contributed by atoms with van der Waals surface area (Å²) >= 11 is 3.46. The van der Waals surface area contributed by atoms with Crippen LogP contribution >= 0.6 is 15.9 Å². The second kappa shape index (κ2) is 6.39. The van der Waals surface area contributed by atoms with E-state index in [-0.39, 0.29) is 11.9 Å². The molecule has 104 valence electrons. The molecule has 1 amide bonds. The average molecular weight is 327 g/mol. The first-order valence-electron chi connectivity index (χ1n) is 6.46. The molecule has 0 aliphatic heterocycles. The molecule has 19 heavy (non-hydrogen) atoms. The van der Waals surface area contributed by atoms with Gasteiger partial charge in [-0.25, -0.2) is 0 Å². The predicted molar refractivity (Wildman–Crippen MR) is 78.3 cm³/mol. The first-order valence-corrected chi connectivity index (χ1v) is 7.25. The largest absolute Gasteiger partial charge is 0.496 e. The minimum Gasteiger partial charge on any atom is -0.496 e. The van der Waals surface area contributed by atoms with Gasteiger partial charge in [-0.2, -0.15) is 0 Å². The van der Waals surface area contributed by atoms with E-state index in [0.29, 0.717) is 12.6 Å². The van der Waals surface area contributed by atoms with Crippen LogP contribution in [0, 0.1) is 0 Å². The van der Waals surface area contributed by atoms with Gasteiger partial charge in [-0.3, -0.25) is 4.79 Å². The minimum atomic E-state index is 0.0712. The Balaban J connectivity index is 1.86. The molecule has 1 aromatic rings. The number of benzene rings is 1. The van der Waals surface area contributed by atoms with Gasteiger partial charge in [-0.05, 0) is 53.4 Å². The highest BCUT2D eigenvalue weighted by atomic mass is 79.9. The molecular formula is C14H19BrN2O2. The molecule has 1 saturated carbocycles. The molecule has 1 aromatic carbocycles. The fraction of sp³-hybridized carbons (Fsp3) is 0.500. The molecule has 2 N–H and O–H groups in total. The lowest BCUT2D eigenvalue weighted by Crippen LogP contribution is -2.36. The zero-order valence-electron chi connectivity index (χ0n) is 11.2. The van der Waals surface area contributed by atoms with E-state index in [4.69, 9.17) is 4.74 Å². The van der Waals surface area contributed by atoms with Crippen LogP contribution in [0.25, 0.3) is 0 Å². The monoisotopic (exact) mass is 326 g/mol. The van der Waals surface area contributed by atoms with Crippen LogP contribution in [0.15, 0.2) is 22.7 Å². The lowest BCUT2D eigenvalue weighted by Gasteiger charge is -2.15. The minimum absolute atomic E-state index is 0.0712. The van der Waals surface area contributed by atoms with Gasteiger partial charge in [-0.1, -0.05) is 6.07 Å². The molecule has 1 atom stereocenters. The van der Waals surface area contributed by atoms with E-state index in [9.17, 15) is 4.79 Å². The van der Waals surface area contributed by atoms with E-state index >= 15 is 0 Å². The Bertz CT molecular complexity index is 461. The second-order valence-corrected chi connectivity index (χ2v) is 5.69. The zero-order chi connectivity index (χ0) is 13.8. The number of carbonyl (C=O) groups excluding carboxylic acids is 1. The first kappa shape index (κ1) is 14.3. The summed E-state index contributed by atoms with van der Waals surface area (Å²) in [5.74, 6) is 0.879. The van der Waals surface area contributed by atoms with Crippen molar-refractivity contribution in [3.8, 4) is 5.75 Å². The third kappa shape index (κ3) is 4.21. The molecule has 0 radical (unpaired) electrons. The summed E-state index contributed by atoms with van der Waals surface area (Å²) in [6, 6.07) is 6.46.